The lowest BCUT2D eigenvalue weighted by molar-refractivity contribution is -0.133. The monoisotopic (exact) mass is 524 g/mol. The molecule has 7 nitrogen and oxygen atoms in total. The maximum Gasteiger partial charge on any atom is 0.264 e. The van der Waals surface area contributed by atoms with Crippen LogP contribution in [0.15, 0.2) is 83.8 Å². The Kier molecular flexibility index (Phi) is 7.92. The molecule has 1 atom stereocenters. The van der Waals surface area contributed by atoms with Crippen molar-refractivity contribution >= 4 is 27.5 Å². The van der Waals surface area contributed by atoms with Gasteiger partial charge < -0.3 is 9.64 Å². The van der Waals surface area contributed by atoms with E-state index in [1.807, 2.05) is 18.2 Å². The van der Waals surface area contributed by atoms with Crippen LogP contribution in [0, 0.1) is 17.7 Å². The van der Waals surface area contributed by atoms with Crippen LogP contribution in [-0.4, -0.2) is 26.3 Å². The molecule has 2 amide bonds. The van der Waals surface area contributed by atoms with Gasteiger partial charge in [0.05, 0.1) is 4.90 Å². The van der Waals surface area contributed by atoms with E-state index in [1.54, 1.807) is 26.0 Å². The van der Waals surface area contributed by atoms with Gasteiger partial charge in [-0.3, -0.25) is 9.59 Å². The van der Waals surface area contributed by atoms with Crippen molar-refractivity contribution in [1.29, 1.82) is 0 Å². The van der Waals surface area contributed by atoms with E-state index in [2.05, 4.69) is 4.72 Å². The molecule has 3 aromatic carbocycles. The van der Waals surface area contributed by atoms with Gasteiger partial charge in [-0.25, -0.2) is 17.5 Å². The fraction of sp³-hybridized carbons (Fsp3) is 0.286. The maximum absolute atomic E-state index is 13.6. The zero-order chi connectivity index (χ0) is 26.6. The Balaban J connectivity index is 1.52. The van der Waals surface area contributed by atoms with Gasteiger partial charge in [0.2, 0.25) is 11.8 Å². The number of sulfonamides is 1. The van der Waals surface area contributed by atoms with Gasteiger partial charge in [-0.2, -0.15) is 0 Å². The molecule has 1 saturated carbocycles. The molecule has 0 aliphatic heterocycles. The number of hydrogen-bond acceptors (Lipinski definition) is 5. The average Bonchev–Trinajstić information content (AvgIpc) is 3.68. The predicted molar refractivity (Wildman–Crippen MR) is 138 cm³/mol. The SMILES string of the molecule is CC(C)N(C(=O)C(CC1CC1)C(=O)NS(=O)(=O)c1ccc(Oc2ccccc2)cc1)c1ccc(F)cc1. The molecule has 0 radical (unpaired) electrons. The van der Waals surface area contributed by atoms with Crippen molar-refractivity contribution in [3.8, 4) is 11.5 Å². The summed E-state index contributed by atoms with van der Waals surface area (Å²) in [6.45, 7) is 3.56. The van der Waals surface area contributed by atoms with Crippen LogP contribution in [0.1, 0.15) is 33.1 Å². The Labute approximate surface area is 216 Å². The summed E-state index contributed by atoms with van der Waals surface area (Å²) in [5, 5.41) is 0. The molecule has 1 aliphatic rings. The highest BCUT2D eigenvalue weighted by Crippen LogP contribution is 2.37. The van der Waals surface area contributed by atoms with Gasteiger partial charge in [0.25, 0.3) is 10.0 Å². The van der Waals surface area contributed by atoms with Gasteiger partial charge in [0.15, 0.2) is 0 Å². The Hall–Kier alpha value is -3.72. The maximum atomic E-state index is 13.6. The molecular weight excluding hydrogens is 495 g/mol. The molecular formula is C28H29FN2O5S. The number of hydrogen-bond donors (Lipinski definition) is 1. The van der Waals surface area contributed by atoms with E-state index in [9.17, 15) is 22.4 Å². The second-order valence-corrected chi connectivity index (χ2v) is 11.0. The first-order valence-electron chi connectivity index (χ1n) is 12.1. The summed E-state index contributed by atoms with van der Waals surface area (Å²) in [5.41, 5.74) is 0.437. The summed E-state index contributed by atoms with van der Waals surface area (Å²) >= 11 is 0. The van der Waals surface area contributed by atoms with Crippen molar-refractivity contribution in [3.63, 3.8) is 0 Å². The van der Waals surface area contributed by atoms with Crippen molar-refractivity contribution in [3.05, 3.63) is 84.7 Å². The Morgan fingerprint density at radius 1 is 0.946 bits per heavy atom. The highest BCUT2D eigenvalue weighted by Gasteiger charge is 2.39. The van der Waals surface area contributed by atoms with Gasteiger partial charge in [-0.1, -0.05) is 31.0 Å². The number of ether oxygens (including phenoxy) is 1. The number of carbonyl (C=O) groups excluding carboxylic acids is 2. The summed E-state index contributed by atoms with van der Waals surface area (Å²) in [7, 11) is -4.23. The largest absolute Gasteiger partial charge is 0.457 e. The Morgan fingerprint density at radius 3 is 2.11 bits per heavy atom. The quantitative estimate of drug-likeness (QED) is 0.364. The number of para-hydroxylation sites is 1. The lowest BCUT2D eigenvalue weighted by atomic mass is 9.98. The van der Waals surface area contributed by atoms with Gasteiger partial charge in [-0.15, -0.1) is 0 Å². The third-order valence-corrected chi connectivity index (χ3v) is 7.45. The van der Waals surface area contributed by atoms with Crippen LogP contribution in [0.25, 0.3) is 0 Å². The van der Waals surface area contributed by atoms with Crippen LogP contribution in [0.4, 0.5) is 10.1 Å². The number of halogens is 1. The predicted octanol–water partition coefficient (Wildman–Crippen LogP) is 5.28. The smallest absolute Gasteiger partial charge is 0.264 e. The van der Waals surface area contributed by atoms with E-state index in [1.165, 1.54) is 53.4 Å². The summed E-state index contributed by atoms with van der Waals surface area (Å²) in [5.74, 6) is -1.83. The number of amides is 2. The zero-order valence-electron chi connectivity index (χ0n) is 20.6. The first kappa shape index (κ1) is 26.3. The van der Waals surface area contributed by atoms with Gasteiger partial charge in [-0.05, 0) is 86.8 Å². The second-order valence-electron chi connectivity index (χ2n) is 9.37. The van der Waals surface area contributed by atoms with E-state index in [0.29, 0.717) is 17.2 Å². The third kappa shape index (κ3) is 6.74. The molecule has 1 unspecified atom stereocenters. The van der Waals surface area contributed by atoms with Crippen molar-refractivity contribution < 1.29 is 27.1 Å². The summed E-state index contributed by atoms with van der Waals surface area (Å²) in [4.78, 5) is 28.1. The lowest BCUT2D eigenvalue weighted by Gasteiger charge is -2.30. The first-order chi connectivity index (χ1) is 17.6. The number of benzene rings is 3. The highest BCUT2D eigenvalue weighted by atomic mass is 32.2. The molecule has 194 valence electrons. The normalized spacial score (nSPS) is 14.2. The molecule has 0 spiro atoms. The molecule has 1 fully saturated rings. The fourth-order valence-corrected chi connectivity index (χ4v) is 5.05. The van der Waals surface area contributed by atoms with Crippen LogP contribution in [-0.2, 0) is 19.6 Å². The van der Waals surface area contributed by atoms with Crippen LogP contribution in [0.3, 0.4) is 0 Å². The number of carbonyl (C=O) groups is 2. The minimum atomic E-state index is -4.23. The third-order valence-electron chi connectivity index (χ3n) is 6.09. The number of rotatable bonds is 10. The molecule has 0 bridgehead atoms. The number of anilines is 1. The van der Waals surface area contributed by atoms with Gasteiger partial charge >= 0.3 is 0 Å². The first-order valence-corrected chi connectivity index (χ1v) is 13.6. The van der Waals surface area contributed by atoms with Crippen LogP contribution < -0.4 is 14.4 Å². The van der Waals surface area contributed by atoms with E-state index in [4.69, 9.17) is 4.74 Å². The molecule has 9 heteroatoms. The Morgan fingerprint density at radius 2 is 1.54 bits per heavy atom. The summed E-state index contributed by atoms with van der Waals surface area (Å²) in [6, 6.07) is 19.8. The average molecular weight is 525 g/mol. The standard InChI is InChI=1S/C28H29FN2O5S/c1-19(2)31(22-12-10-21(29)11-13-22)28(33)26(18-20-8-9-20)27(32)30-37(34,35)25-16-14-24(15-17-25)36-23-6-4-3-5-7-23/h3-7,10-17,19-20,26H,8-9,18H2,1-2H3,(H,30,32). The molecule has 1 N–H and O–H groups in total. The molecule has 0 heterocycles. The molecule has 1 aliphatic carbocycles. The van der Waals surface area contributed by atoms with Crippen LogP contribution in [0.2, 0.25) is 0 Å². The van der Waals surface area contributed by atoms with Crippen LogP contribution >= 0.6 is 0 Å². The van der Waals surface area contributed by atoms with Crippen molar-refractivity contribution in [1.82, 2.24) is 4.72 Å². The topological polar surface area (TPSA) is 92.8 Å². The number of nitrogens with zero attached hydrogens (tertiary/aromatic N) is 1. The van der Waals surface area contributed by atoms with E-state index in [-0.39, 0.29) is 23.3 Å². The second kappa shape index (κ2) is 11.1. The molecule has 0 aromatic heterocycles. The summed E-state index contributed by atoms with van der Waals surface area (Å²) < 4.78 is 47.3. The van der Waals surface area contributed by atoms with Crippen LogP contribution in [0.5, 0.6) is 11.5 Å². The minimum Gasteiger partial charge on any atom is -0.457 e. The molecule has 37 heavy (non-hydrogen) atoms. The Bertz CT molecular complexity index is 1340. The molecule has 0 saturated heterocycles. The lowest BCUT2D eigenvalue weighted by Crippen LogP contribution is -2.48. The molecule has 3 aromatic rings. The fourth-order valence-electron chi connectivity index (χ4n) is 4.03. The van der Waals surface area contributed by atoms with Crippen molar-refractivity contribution in [2.24, 2.45) is 11.8 Å². The van der Waals surface area contributed by atoms with E-state index in [0.717, 1.165) is 12.8 Å². The van der Waals surface area contributed by atoms with E-state index < -0.39 is 33.6 Å². The summed E-state index contributed by atoms with van der Waals surface area (Å²) in [6.07, 6.45) is 2.00. The number of nitrogens with one attached hydrogen (secondary N) is 1. The molecule has 4 rings (SSSR count). The zero-order valence-corrected chi connectivity index (χ0v) is 21.5. The van der Waals surface area contributed by atoms with Gasteiger partial charge in [0.1, 0.15) is 23.2 Å². The van der Waals surface area contributed by atoms with E-state index >= 15 is 0 Å². The minimum absolute atomic E-state index is 0.127. The van der Waals surface area contributed by atoms with Crippen molar-refractivity contribution in [2.75, 3.05) is 4.90 Å². The van der Waals surface area contributed by atoms with Gasteiger partial charge in [0, 0.05) is 11.7 Å². The highest BCUT2D eigenvalue weighted by molar-refractivity contribution is 7.90. The van der Waals surface area contributed by atoms with Crippen molar-refractivity contribution in [2.45, 2.75) is 44.0 Å².